The van der Waals surface area contributed by atoms with Gasteiger partial charge in [0, 0.05) is 11.3 Å². The van der Waals surface area contributed by atoms with E-state index >= 15 is 0 Å². The summed E-state index contributed by atoms with van der Waals surface area (Å²) >= 11 is 5.33. The number of aromatic amines is 1. The number of ether oxygens (including phenoxy) is 1. The lowest BCUT2D eigenvalue weighted by atomic mass is 9.97. The quantitative estimate of drug-likeness (QED) is 0.637. The molecule has 0 radical (unpaired) electrons. The van der Waals surface area contributed by atoms with Crippen molar-refractivity contribution in [1.29, 1.82) is 5.26 Å². The fraction of sp³-hybridized carbons (Fsp3) is 0.278. The van der Waals surface area contributed by atoms with Crippen LogP contribution in [0.15, 0.2) is 24.3 Å². The van der Waals surface area contributed by atoms with E-state index in [0.29, 0.717) is 33.1 Å². The molecule has 6 heteroatoms. The molecule has 1 aliphatic rings. The van der Waals surface area contributed by atoms with Gasteiger partial charge in [0.1, 0.15) is 23.1 Å². The number of nitrogens with zero attached hydrogens (tertiary/aromatic N) is 2. The molecule has 0 atom stereocenters. The molecule has 1 aliphatic carbocycles. The van der Waals surface area contributed by atoms with Crippen molar-refractivity contribution in [1.82, 2.24) is 4.98 Å². The van der Waals surface area contributed by atoms with Crippen LogP contribution in [0.2, 0.25) is 0 Å². The fourth-order valence-electron chi connectivity index (χ4n) is 2.66. The highest BCUT2D eigenvalue weighted by atomic mass is 32.1. The van der Waals surface area contributed by atoms with Crippen LogP contribution in [0.3, 0.4) is 0 Å². The Bertz CT molecular complexity index is 900. The van der Waals surface area contributed by atoms with Gasteiger partial charge in [-0.25, -0.2) is 4.85 Å². The Kier molecular flexibility index (Phi) is 4.61. The van der Waals surface area contributed by atoms with Crippen LogP contribution in [0.1, 0.15) is 30.0 Å². The number of hydrogen-bond acceptors (Lipinski definition) is 4. The van der Waals surface area contributed by atoms with Crippen LogP contribution in [0.25, 0.3) is 16.0 Å². The lowest BCUT2D eigenvalue weighted by molar-refractivity contribution is 0.201. The van der Waals surface area contributed by atoms with E-state index in [2.05, 4.69) is 15.9 Å². The molecule has 120 valence electrons. The van der Waals surface area contributed by atoms with Crippen LogP contribution in [0, 0.1) is 22.5 Å². The van der Waals surface area contributed by atoms with E-state index < -0.39 is 0 Å². The summed E-state index contributed by atoms with van der Waals surface area (Å²) in [6.07, 6.45) is 2.07. The number of aromatic nitrogens is 1. The molecule has 0 bridgehead atoms. The monoisotopic (exact) mass is 337 g/mol. The zero-order valence-electron chi connectivity index (χ0n) is 12.9. The van der Waals surface area contributed by atoms with Gasteiger partial charge in [0.2, 0.25) is 5.69 Å². The van der Waals surface area contributed by atoms with Gasteiger partial charge in [-0.3, -0.25) is 0 Å². The molecular weight excluding hydrogens is 322 g/mol. The van der Waals surface area contributed by atoms with Gasteiger partial charge in [-0.05, 0) is 36.5 Å². The van der Waals surface area contributed by atoms with Crippen molar-refractivity contribution in [3.63, 3.8) is 0 Å². The topological polar surface area (TPSA) is 73.4 Å². The van der Waals surface area contributed by atoms with Crippen molar-refractivity contribution in [3.8, 4) is 22.9 Å². The third-order valence-corrected chi connectivity index (χ3v) is 4.24. The predicted octanol–water partition coefficient (Wildman–Crippen LogP) is 4.08. The molecule has 3 rings (SSSR count). The number of nitriles is 1. The van der Waals surface area contributed by atoms with Gasteiger partial charge in [0.05, 0.1) is 18.7 Å². The molecule has 1 saturated carbocycles. The van der Waals surface area contributed by atoms with Crippen molar-refractivity contribution in [3.05, 3.63) is 51.6 Å². The smallest absolute Gasteiger partial charge is 0.215 e. The third kappa shape index (κ3) is 3.03. The minimum Gasteiger partial charge on any atom is -0.491 e. The molecule has 0 unspecified atom stereocenters. The van der Waals surface area contributed by atoms with E-state index in [1.807, 2.05) is 12.1 Å². The van der Waals surface area contributed by atoms with E-state index in [9.17, 15) is 5.26 Å². The van der Waals surface area contributed by atoms with Gasteiger partial charge in [0.25, 0.3) is 0 Å². The molecule has 2 N–H and O–H groups in total. The second-order valence-corrected chi connectivity index (χ2v) is 5.97. The Morgan fingerprint density at radius 3 is 2.62 bits per heavy atom. The number of aliphatic hydroxyl groups excluding tert-OH is 1. The first kappa shape index (κ1) is 16.2. The molecule has 1 aromatic carbocycles. The summed E-state index contributed by atoms with van der Waals surface area (Å²) < 4.78 is 5.73. The lowest BCUT2D eigenvalue weighted by Crippen LogP contribution is -2.01. The average molecular weight is 337 g/mol. The van der Waals surface area contributed by atoms with Crippen LogP contribution < -0.4 is 4.74 Å². The Morgan fingerprint density at radius 2 is 2.08 bits per heavy atom. The van der Waals surface area contributed by atoms with Crippen molar-refractivity contribution in [2.24, 2.45) is 0 Å². The molecule has 1 aromatic heterocycles. The maximum absolute atomic E-state index is 9.50. The fourth-order valence-corrected chi connectivity index (χ4v) is 2.92. The molecule has 1 fully saturated rings. The summed E-state index contributed by atoms with van der Waals surface area (Å²) in [7, 11) is 0. The van der Waals surface area contributed by atoms with Crippen LogP contribution in [-0.2, 0) is 0 Å². The molecule has 0 spiro atoms. The molecule has 0 saturated heterocycles. The largest absolute Gasteiger partial charge is 0.491 e. The number of rotatable bonds is 5. The number of pyridine rings is 1. The normalized spacial score (nSPS) is 13.1. The van der Waals surface area contributed by atoms with Crippen molar-refractivity contribution >= 4 is 17.9 Å². The SMILES string of the molecule is [C-]#[N+]c1c(C2CC2)[nH]c(=S)c(C#N)c1-c1ccc(OCCO)cc1. The lowest BCUT2D eigenvalue weighted by Gasteiger charge is -2.13. The second-order valence-electron chi connectivity index (χ2n) is 5.56. The maximum atomic E-state index is 9.50. The molecule has 0 aliphatic heterocycles. The first-order valence-corrected chi connectivity index (χ1v) is 8.02. The Balaban J connectivity index is 2.14. The third-order valence-electron chi connectivity index (χ3n) is 3.93. The summed E-state index contributed by atoms with van der Waals surface area (Å²) in [5.41, 5.74) is 2.99. The Hall–Kier alpha value is -2.67. The van der Waals surface area contributed by atoms with Gasteiger partial charge in [-0.15, -0.1) is 0 Å². The summed E-state index contributed by atoms with van der Waals surface area (Å²) in [5.74, 6) is 0.952. The van der Waals surface area contributed by atoms with Crippen LogP contribution in [0.5, 0.6) is 5.75 Å². The van der Waals surface area contributed by atoms with E-state index in [0.717, 1.165) is 24.1 Å². The van der Waals surface area contributed by atoms with Crippen molar-refractivity contribution in [2.75, 3.05) is 13.2 Å². The molecule has 24 heavy (non-hydrogen) atoms. The van der Waals surface area contributed by atoms with Gasteiger partial charge < -0.3 is 14.8 Å². The molecule has 2 aromatic rings. The highest BCUT2D eigenvalue weighted by Gasteiger charge is 2.30. The minimum atomic E-state index is -0.0548. The van der Waals surface area contributed by atoms with E-state index in [-0.39, 0.29) is 13.2 Å². The second kappa shape index (κ2) is 6.84. The van der Waals surface area contributed by atoms with Crippen LogP contribution in [0.4, 0.5) is 5.69 Å². The number of aliphatic hydroxyl groups is 1. The first-order chi connectivity index (χ1) is 11.7. The van der Waals surface area contributed by atoms with E-state index in [4.69, 9.17) is 28.6 Å². The van der Waals surface area contributed by atoms with Gasteiger partial charge in [-0.1, -0.05) is 24.4 Å². The zero-order valence-corrected chi connectivity index (χ0v) is 13.7. The number of H-pyrrole nitrogens is 1. The van der Waals surface area contributed by atoms with Gasteiger partial charge in [0.15, 0.2) is 0 Å². The Morgan fingerprint density at radius 1 is 1.38 bits per heavy atom. The van der Waals surface area contributed by atoms with E-state index in [1.165, 1.54) is 0 Å². The number of hydrogen-bond donors (Lipinski definition) is 2. The number of nitrogens with one attached hydrogen (secondary N) is 1. The molecule has 1 heterocycles. The standard InChI is InChI=1S/C18H15N3O2S/c1-20-17-15(11-4-6-13(7-5-11)23-9-8-22)14(10-19)18(24)21-16(17)12-2-3-12/h4-7,12,22H,2-3,8-9H2,(H,21,24). The van der Waals surface area contributed by atoms with Crippen LogP contribution >= 0.6 is 12.2 Å². The summed E-state index contributed by atoms with van der Waals surface area (Å²) in [4.78, 5) is 6.77. The Labute approximate surface area is 145 Å². The van der Waals surface area contributed by atoms with E-state index in [1.54, 1.807) is 12.1 Å². The van der Waals surface area contributed by atoms with Gasteiger partial charge in [-0.2, -0.15) is 5.26 Å². The van der Waals surface area contributed by atoms with Crippen LogP contribution in [-0.4, -0.2) is 23.3 Å². The summed E-state index contributed by atoms with van der Waals surface area (Å²) in [6, 6.07) is 9.27. The molecule has 0 amide bonds. The predicted molar refractivity (Wildman–Crippen MR) is 92.6 cm³/mol. The molecule has 5 nitrogen and oxygen atoms in total. The van der Waals surface area contributed by atoms with Crippen molar-refractivity contribution < 1.29 is 9.84 Å². The molecular formula is C18H15N3O2S. The highest BCUT2D eigenvalue weighted by molar-refractivity contribution is 7.71. The number of benzene rings is 1. The van der Waals surface area contributed by atoms with Gasteiger partial charge >= 0.3 is 0 Å². The summed E-state index contributed by atoms with van der Waals surface area (Å²) in [6.45, 7) is 7.75. The highest BCUT2D eigenvalue weighted by Crippen LogP contribution is 2.47. The minimum absolute atomic E-state index is 0.0548. The first-order valence-electron chi connectivity index (χ1n) is 7.61. The summed E-state index contributed by atoms with van der Waals surface area (Å²) in [5, 5.41) is 18.3. The maximum Gasteiger partial charge on any atom is 0.215 e. The average Bonchev–Trinajstić information content (AvgIpc) is 3.44. The zero-order chi connectivity index (χ0) is 17.1. The van der Waals surface area contributed by atoms with Crippen molar-refractivity contribution in [2.45, 2.75) is 18.8 Å².